The van der Waals surface area contributed by atoms with E-state index in [-0.39, 0.29) is 0 Å². The monoisotopic (exact) mass is 301 g/mol. The molecule has 14 heavy (non-hydrogen) atoms. The Morgan fingerprint density at radius 1 is 1.14 bits per heavy atom. The predicted octanol–water partition coefficient (Wildman–Crippen LogP) is 3.52. The van der Waals surface area contributed by atoms with Crippen LogP contribution >= 0.6 is 22.9 Å². The van der Waals surface area contributed by atoms with Crippen LogP contribution in [0.3, 0.4) is 0 Å². The van der Waals surface area contributed by atoms with E-state index in [4.69, 9.17) is 0 Å². The van der Waals surface area contributed by atoms with Gasteiger partial charge in [0.2, 0.25) is 0 Å². The number of piperidine rings is 1. The fourth-order valence-electron chi connectivity index (χ4n) is 2.02. The molecule has 0 aliphatic carbocycles. The van der Waals surface area contributed by atoms with Crippen LogP contribution in [0.15, 0.2) is 24.3 Å². The van der Waals surface area contributed by atoms with Gasteiger partial charge in [0.25, 0.3) is 0 Å². The quantitative estimate of drug-likeness (QED) is 0.566. The molecule has 0 amide bonds. The van der Waals surface area contributed by atoms with Gasteiger partial charge in [-0.3, -0.25) is 0 Å². The third-order valence-corrected chi connectivity index (χ3v) is 3.95. The van der Waals surface area contributed by atoms with Gasteiger partial charge in [-0.05, 0) is 31.2 Å². The van der Waals surface area contributed by atoms with Crippen LogP contribution in [0.1, 0.15) is 29.9 Å². The van der Waals surface area contributed by atoms with Crippen molar-refractivity contribution in [2.24, 2.45) is 0 Å². The lowest BCUT2D eigenvalue weighted by Gasteiger charge is -2.27. The molecule has 0 bridgehead atoms. The lowest BCUT2D eigenvalue weighted by Crippen LogP contribution is -2.24. The first-order valence-corrected chi connectivity index (χ1v) is 6.19. The van der Waals surface area contributed by atoms with Crippen molar-refractivity contribution >= 4 is 22.9 Å². The van der Waals surface area contributed by atoms with Crippen molar-refractivity contribution in [1.29, 1.82) is 0 Å². The molecule has 0 atom stereocenters. The fourth-order valence-corrected chi connectivity index (χ4v) is 2.58. The molecule has 0 N–H and O–H groups in total. The molecule has 2 heteroatoms. The molecule has 76 valence electrons. The molecule has 1 aliphatic heterocycles. The van der Waals surface area contributed by atoms with Crippen LogP contribution in [0.25, 0.3) is 0 Å². The van der Waals surface area contributed by atoms with Crippen molar-refractivity contribution in [3.63, 3.8) is 0 Å². The molecule has 1 aromatic carbocycles. The van der Waals surface area contributed by atoms with E-state index in [9.17, 15) is 0 Å². The van der Waals surface area contributed by atoms with Gasteiger partial charge in [-0.25, -0.2) is 3.11 Å². The van der Waals surface area contributed by atoms with E-state index < -0.39 is 0 Å². The van der Waals surface area contributed by atoms with E-state index in [0.717, 1.165) is 5.92 Å². The zero-order chi connectivity index (χ0) is 9.97. The maximum absolute atomic E-state index is 2.42. The smallest absolute Gasteiger partial charge is 0.0201 e. The van der Waals surface area contributed by atoms with Gasteiger partial charge in [0.1, 0.15) is 0 Å². The number of halogens is 1. The highest BCUT2D eigenvalue weighted by Gasteiger charge is 2.18. The summed E-state index contributed by atoms with van der Waals surface area (Å²) >= 11 is 2.42. The average Bonchev–Trinajstić information content (AvgIpc) is 2.21. The summed E-state index contributed by atoms with van der Waals surface area (Å²) < 4.78 is 2.39. The topological polar surface area (TPSA) is 3.24 Å². The molecule has 0 aromatic heterocycles. The molecular weight excluding hydrogens is 285 g/mol. The molecule has 1 nitrogen and oxygen atoms in total. The van der Waals surface area contributed by atoms with E-state index in [1.807, 2.05) is 0 Å². The zero-order valence-corrected chi connectivity index (χ0v) is 10.7. The van der Waals surface area contributed by atoms with Crippen LogP contribution in [0.5, 0.6) is 0 Å². The summed E-state index contributed by atoms with van der Waals surface area (Å²) in [4.78, 5) is 0. The minimum atomic E-state index is 0.793. The van der Waals surface area contributed by atoms with E-state index in [1.165, 1.54) is 37.1 Å². The van der Waals surface area contributed by atoms with Crippen molar-refractivity contribution in [1.82, 2.24) is 3.11 Å². The SMILES string of the molecule is Cc1ccc(C2CCN(I)CC2)cc1. The van der Waals surface area contributed by atoms with Crippen molar-refractivity contribution in [2.45, 2.75) is 25.7 Å². The summed E-state index contributed by atoms with van der Waals surface area (Å²) in [5, 5.41) is 0. The summed E-state index contributed by atoms with van der Waals surface area (Å²) in [6, 6.07) is 9.04. The first-order chi connectivity index (χ1) is 6.75. The van der Waals surface area contributed by atoms with Crippen molar-refractivity contribution in [3.05, 3.63) is 35.4 Å². The van der Waals surface area contributed by atoms with E-state index in [1.54, 1.807) is 0 Å². The molecule has 0 spiro atoms. The van der Waals surface area contributed by atoms with Gasteiger partial charge >= 0.3 is 0 Å². The molecule has 2 rings (SSSR count). The van der Waals surface area contributed by atoms with Crippen LogP contribution in [-0.4, -0.2) is 16.2 Å². The van der Waals surface area contributed by atoms with Gasteiger partial charge in [-0.15, -0.1) is 0 Å². The second-order valence-corrected chi connectivity index (χ2v) is 5.46. The number of benzene rings is 1. The third kappa shape index (κ3) is 2.48. The summed E-state index contributed by atoms with van der Waals surface area (Å²) in [6.07, 6.45) is 2.62. The van der Waals surface area contributed by atoms with Crippen molar-refractivity contribution < 1.29 is 0 Å². The van der Waals surface area contributed by atoms with Gasteiger partial charge < -0.3 is 0 Å². The highest BCUT2D eigenvalue weighted by Crippen LogP contribution is 2.29. The largest absolute Gasteiger partial charge is 0.248 e. The molecule has 1 fully saturated rings. The van der Waals surface area contributed by atoms with Gasteiger partial charge in [0, 0.05) is 36.0 Å². The molecule has 0 saturated carbocycles. The Bertz CT molecular complexity index is 286. The lowest BCUT2D eigenvalue weighted by molar-refractivity contribution is 0.369. The molecule has 0 unspecified atom stereocenters. The highest BCUT2D eigenvalue weighted by molar-refractivity contribution is 14.1. The Hall–Kier alpha value is -0.0900. The van der Waals surface area contributed by atoms with Gasteiger partial charge in [0.15, 0.2) is 0 Å². The third-order valence-electron chi connectivity index (χ3n) is 2.99. The van der Waals surface area contributed by atoms with E-state index in [0.29, 0.717) is 0 Å². The zero-order valence-electron chi connectivity index (χ0n) is 8.54. The molecule has 1 aromatic rings. The second kappa shape index (κ2) is 4.62. The Kier molecular flexibility index (Phi) is 3.44. The Balaban J connectivity index is 2.05. The number of nitrogens with zero attached hydrogens (tertiary/aromatic N) is 1. The van der Waals surface area contributed by atoms with Crippen LogP contribution in [0, 0.1) is 6.92 Å². The average molecular weight is 301 g/mol. The van der Waals surface area contributed by atoms with Crippen LogP contribution in [-0.2, 0) is 0 Å². The minimum absolute atomic E-state index is 0.793. The summed E-state index contributed by atoms with van der Waals surface area (Å²) in [6.45, 7) is 4.62. The first kappa shape index (κ1) is 10.4. The number of hydrogen-bond donors (Lipinski definition) is 0. The minimum Gasteiger partial charge on any atom is -0.248 e. The van der Waals surface area contributed by atoms with Crippen LogP contribution < -0.4 is 0 Å². The van der Waals surface area contributed by atoms with Gasteiger partial charge in [0.05, 0.1) is 0 Å². The Labute approximate surface area is 100.0 Å². The highest BCUT2D eigenvalue weighted by atomic mass is 127. The number of hydrogen-bond acceptors (Lipinski definition) is 1. The summed E-state index contributed by atoms with van der Waals surface area (Å²) in [5.41, 5.74) is 2.89. The molecule has 1 saturated heterocycles. The van der Waals surface area contributed by atoms with Crippen LogP contribution in [0.2, 0.25) is 0 Å². The maximum atomic E-state index is 2.42. The van der Waals surface area contributed by atoms with E-state index >= 15 is 0 Å². The molecule has 1 aliphatic rings. The molecule has 1 heterocycles. The fraction of sp³-hybridized carbons (Fsp3) is 0.500. The van der Waals surface area contributed by atoms with Crippen molar-refractivity contribution in [3.8, 4) is 0 Å². The first-order valence-electron chi connectivity index (χ1n) is 5.23. The van der Waals surface area contributed by atoms with Crippen LogP contribution in [0.4, 0.5) is 0 Å². The molecular formula is C12H16IN. The van der Waals surface area contributed by atoms with E-state index in [2.05, 4.69) is 57.2 Å². The normalized spacial score (nSPS) is 19.9. The predicted molar refractivity (Wildman–Crippen MR) is 68.7 cm³/mol. The Morgan fingerprint density at radius 3 is 2.29 bits per heavy atom. The van der Waals surface area contributed by atoms with Gasteiger partial charge in [-0.1, -0.05) is 29.8 Å². The summed E-state index contributed by atoms with van der Waals surface area (Å²) in [7, 11) is 0. The summed E-state index contributed by atoms with van der Waals surface area (Å²) in [5.74, 6) is 0.793. The van der Waals surface area contributed by atoms with Crippen molar-refractivity contribution in [2.75, 3.05) is 13.1 Å². The molecule has 0 radical (unpaired) electrons. The Morgan fingerprint density at radius 2 is 1.71 bits per heavy atom. The second-order valence-electron chi connectivity index (χ2n) is 4.09. The lowest BCUT2D eigenvalue weighted by atomic mass is 9.90. The maximum Gasteiger partial charge on any atom is 0.0201 e. The number of rotatable bonds is 1. The number of aryl methyl sites for hydroxylation is 1. The standard InChI is InChI=1S/C12H16IN/c1-10-2-4-11(5-3-10)12-6-8-14(13)9-7-12/h2-5,12H,6-9H2,1H3. The van der Waals surface area contributed by atoms with Gasteiger partial charge in [-0.2, -0.15) is 0 Å².